The molecule has 0 saturated carbocycles. The van der Waals surface area contributed by atoms with Crippen LogP contribution in [0.3, 0.4) is 0 Å². The zero-order valence-corrected chi connectivity index (χ0v) is 18.0. The van der Waals surface area contributed by atoms with Gasteiger partial charge >= 0.3 is 0 Å². The molecule has 1 heterocycles. The molecule has 0 spiro atoms. The fourth-order valence-electron chi connectivity index (χ4n) is 2.63. The van der Waals surface area contributed by atoms with Crippen LogP contribution in [0, 0.1) is 10.9 Å². The first-order chi connectivity index (χ1) is 12.9. The van der Waals surface area contributed by atoms with Crippen molar-refractivity contribution < 1.29 is 4.79 Å². The topological polar surface area (TPSA) is 46.9 Å². The number of hydrogen-bond acceptors (Lipinski definition) is 5. The van der Waals surface area contributed by atoms with E-state index >= 15 is 0 Å². The normalized spacial score (nSPS) is 12.0. The predicted molar refractivity (Wildman–Crippen MR) is 116 cm³/mol. The molecule has 0 aliphatic rings. The van der Waals surface area contributed by atoms with E-state index in [1.54, 1.807) is 16.8 Å². The molecule has 0 fully saturated rings. The molecule has 3 rings (SSSR count). The van der Waals surface area contributed by atoms with Gasteiger partial charge in [-0.2, -0.15) is 0 Å². The smallest absolute Gasteiger partial charge is 0.230 e. The molecule has 1 N–H and O–H groups in total. The van der Waals surface area contributed by atoms with E-state index < -0.39 is 0 Å². The minimum Gasteiger partial charge on any atom is -0.349 e. The van der Waals surface area contributed by atoms with Gasteiger partial charge < -0.3 is 5.32 Å². The lowest BCUT2D eigenvalue weighted by atomic mass is 10.0. The number of carbonyl (C=O) groups excluding carboxylic acids is 1. The monoisotopic (exact) mass is 435 g/mol. The van der Waals surface area contributed by atoms with Crippen molar-refractivity contribution >= 4 is 52.8 Å². The predicted octanol–water partition coefficient (Wildman–Crippen LogP) is 5.59. The lowest BCUT2D eigenvalue weighted by molar-refractivity contribution is -0.119. The van der Waals surface area contributed by atoms with Crippen molar-refractivity contribution in [1.29, 1.82) is 0 Å². The largest absolute Gasteiger partial charge is 0.349 e. The SMILES string of the molecule is Cc1ccccc1C(C)NC(=O)CSc1nn(-c2ccc(Cl)cc2)c(=S)s1. The summed E-state index contributed by atoms with van der Waals surface area (Å²) in [5, 5.41) is 8.20. The zero-order chi connectivity index (χ0) is 19.4. The first-order valence-electron chi connectivity index (χ1n) is 8.28. The van der Waals surface area contributed by atoms with E-state index in [1.807, 2.05) is 50.2 Å². The average molecular weight is 436 g/mol. The van der Waals surface area contributed by atoms with Gasteiger partial charge in [-0.3, -0.25) is 4.79 Å². The molecule has 2 aromatic carbocycles. The zero-order valence-electron chi connectivity index (χ0n) is 14.8. The summed E-state index contributed by atoms with van der Waals surface area (Å²) in [5.74, 6) is 0.258. The minimum absolute atomic E-state index is 0.0325. The van der Waals surface area contributed by atoms with Gasteiger partial charge in [-0.25, -0.2) is 4.68 Å². The van der Waals surface area contributed by atoms with Gasteiger partial charge in [0, 0.05) is 5.02 Å². The summed E-state index contributed by atoms with van der Waals surface area (Å²) in [6.45, 7) is 4.03. The van der Waals surface area contributed by atoms with Crippen molar-refractivity contribution in [3.63, 3.8) is 0 Å². The molecular formula is C19H18ClN3OS3. The Morgan fingerprint density at radius 1 is 1.30 bits per heavy atom. The Morgan fingerprint density at radius 2 is 2.00 bits per heavy atom. The van der Waals surface area contributed by atoms with Crippen LogP contribution in [0.4, 0.5) is 0 Å². The second-order valence-electron chi connectivity index (χ2n) is 5.96. The van der Waals surface area contributed by atoms with Crippen LogP contribution < -0.4 is 5.32 Å². The van der Waals surface area contributed by atoms with Crippen LogP contribution in [-0.4, -0.2) is 21.4 Å². The summed E-state index contributed by atoms with van der Waals surface area (Å²) < 4.78 is 3.08. The number of carbonyl (C=O) groups is 1. The Balaban J connectivity index is 1.61. The number of thioether (sulfide) groups is 1. The third-order valence-electron chi connectivity index (χ3n) is 3.96. The summed E-state index contributed by atoms with van der Waals surface area (Å²) in [6.07, 6.45) is 0. The van der Waals surface area contributed by atoms with Gasteiger partial charge in [0.05, 0.1) is 17.5 Å². The lowest BCUT2D eigenvalue weighted by Gasteiger charge is -2.16. The Labute approximate surface area is 176 Å². The highest BCUT2D eigenvalue weighted by molar-refractivity contribution is 8.01. The molecule has 0 aliphatic heterocycles. The maximum atomic E-state index is 12.3. The molecule has 0 bridgehead atoms. The number of halogens is 1. The van der Waals surface area contributed by atoms with Gasteiger partial charge in [0.2, 0.25) is 5.91 Å². The third kappa shape index (κ3) is 5.19. The molecule has 1 unspecified atom stereocenters. The standard InChI is InChI=1S/C19H18ClN3OS3/c1-12-5-3-4-6-16(12)13(2)21-17(24)11-26-18-22-23(19(25)27-18)15-9-7-14(20)8-10-15/h3-10,13H,11H2,1-2H3,(H,21,24). The summed E-state index contributed by atoms with van der Waals surface area (Å²) in [5.41, 5.74) is 3.14. The van der Waals surface area contributed by atoms with Crippen molar-refractivity contribution in [2.45, 2.75) is 24.2 Å². The number of amides is 1. The fourth-order valence-corrected chi connectivity index (χ4v) is 4.92. The summed E-state index contributed by atoms with van der Waals surface area (Å²) in [6, 6.07) is 15.3. The molecule has 1 atom stereocenters. The number of nitrogens with one attached hydrogen (secondary N) is 1. The van der Waals surface area contributed by atoms with Gasteiger partial charge in [0.15, 0.2) is 8.29 Å². The molecule has 1 aromatic heterocycles. The Kier molecular flexibility index (Phi) is 6.70. The molecule has 0 aliphatic carbocycles. The van der Waals surface area contributed by atoms with Crippen molar-refractivity contribution in [3.05, 3.63) is 68.6 Å². The number of aryl methyl sites for hydroxylation is 1. The van der Waals surface area contributed by atoms with Gasteiger partial charge in [0.1, 0.15) is 0 Å². The van der Waals surface area contributed by atoms with E-state index in [0.717, 1.165) is 21.2 Å². The van der Waals surface area contributed by atoms with E-state index in [2.05, 4.69) is 10.4 Å². The van der Waals surface area contributed by atoms with Crippen LogP contribution in [-0.2, 0) is 4.79 Å². The number of hydrogen-bond donors (Lipinski definition) is 1. The average Bonchev–Trinajstić information content (AvgIpc) is 3.01. The van der Waals surface area contributed by atoms with Gasteiger partial charge in [-0.15, -0.1) is 5.10 Å². The number of aromatic nitrogens is 2. The van der Waals surface area contributed by atoms with Crippen molar-refractivity contribution in [3.8, 4) is 5.69 Å². The molecule has 8 heteroatoms. The van der Waals surface area contributed by atoms with E-state index in [-0.39, 0.29) is 11.9 Å². The van der Waals surface area contributed by atoms with Gasteiger partial charge in [-0.1, -0.05) is 59.0 Å². The van der Waals surface area contributed by atoms with Crippen LogP contribution >= 0.6 is 46.9 Å². The van der Waals surface area contributed by atoms with E-state index in [0.29, 0.717) is 14.7 Å². The van der Waals surface area contributed by atoms with E-state index in [1.165, 1.54) is 23.1 Å². The summed E-state index contributed by atoms with van der Waals surface area (Å²) in [7, 11) is 0. The lowest BCUT2D eigenvalue weighted by Crippen LogP contribution is -2.28. The first kappa shape index (κ1) is 20.1. The summed E-state index contributed by atoms with van der Waals surface area (Å²) in [4.78, 5) is 12.3. The molecule has 140 valence electrons. The molecule has 1 amide bonds. The molecule has 27 heavy (non-hydrogen) atoms. The Morgan fingerprint density at radius 3 is 2.70 bits per heavy atom. The highest BCUT2D eigenvalue weighted by Crippen LogP contribution is 2.25. The Bertz CT molecular complexity index is 998. The minimum atomic E-state index is -0.0379. The molecular weight excluding hydrogens is 418 g/mol. The maximum absolute atomic E-state index is 12.3. The second-order valence-corrected chi connectivity index (χ2v) is 9.24. The maximum Gasteiger partial charge on any atom is 0.230 e. The van der Waals surface area contributed by atoms with Crippen LogP contribution in [0.5, 0.6) is 0 Å². The van der Waals surface area contributed by atoms with Crippen molar-refractivity contribution in [2.24, 2.45) is 0 Å². The van der Waals surface area contributed by atoms with Crippen LogP contribution in [0.2, 0.25) is 5.02 Å². The van der Waals surface area contributed by atoms with Crippen molar-refractivity contribution in [1.82, 2.24) is 15.1 Å². The number of benzene rings is 2. The number of nitrogens with zero attached hydrogens (tertiary/aromatic N) is 2. The second kappa shape index (κ2) is 9.01. The van der Waals surface area contributed by atoms with Crippen LogP contribution in [0.15, 0.2) is 52.9 Å². The molecule has 4 nitrogen and oxygen atoms in total. The molecule has 0 saturated heterocycles. The quantitative estimate of drug-likeness (QED) is 0.404. The molecule has 3 aromatic rings. The Hall–Kier alpha value is -1.67. The highest BCUT2D eigenvalue weighted by atomic mass is 35.5. The van der Waals surface area contributed by atoms with E-state index in [9.17, 15) is 4.79 Å². The first-order valence-corrected chi connectivity index (χ1v) is 10.9. The highest BCUT2D eigenvalue weighted by Gasteiger charge is 2.13. The molecule has 0 radical (unpaired) electrons. The third-order valence-corrected chi connectivity index (χ3v) is 6.58. The fraction of sp³-hybridized carbons (Fsp3) is 0.211. The van der Waals surface area contributed by atoms with Gasteiger partial charge in [-0.05, 0) is 61.5 Å². The van der Waals surface area contributed by atoms with Crippen LogP contribution in [0.25, 0.3) is 5.69 Å². The van der Waals surface area contributed by atoms with Gasteiger partial charge in [0.25, 0.3) is 0 Å². The summed E-state index contributed by atoms with van der Waals surface area (Å²) >= 11 is 14.1. The van der Waals surface area contributed by atoms with Crippen LogP contribution in [0.1, 0.15) is 24.1 Å². The number of rotatable bonds is 6. The van der Waals surface area contributed by atoms with E-state index in [4.69, 9.17) is 23.8 Å². The van der Waals surface area contributed by atoms with Crippen molar-refractivity contribution in [2.75, 3.05) is 5.75 Å².